The zero-order valence-electron chi connectivity index (χ0n) is 27.2. The number of para-hydroxylation sites is 1. The van der Waals surface area contributed by atoms with Crippen molar-refractivity contribution >= 4 is 117 Å². The molecule has 3 aromatic heterocycles. The molecule has 3 heterocycles. The first-order chi connectivity index (χ1) is 25.3. The molecule has 0 spiro atoms. The lowest BCUT2D eigenvalue weighted by Crippen LogP contribution is -1.90. The molecule has 0 fully saturated rings. The molecule has 0 atom stereocenters. The molecule has 0 unspecified atom stereocenters. The average Bonchev–Trinajstić information content (AvgIpc) is 3.87. The average molecular weight is 683 g/mol. The van der Waals surface area contributed by atoms with Gasteiger partial charge in [0.2, 0.25) is 0 Å². The second-order valence-electron chi connectivity index (χ2n) is 13.5. The minimum atomic E-state index is 0.936. The quantitative estimate of drug-likeness (QED) is 0.165. The molecule has 0 saturated carbocycles. The van der Waals surface area contributed by atoms with Crippen molar-refractivity contribution < 1.29 is 4.42 Å². The van der Waals surface area contributed by atoms with Crippen molar-refractivity contribution in [3.8, 4) is 22.3 Å². The highest BCUT2D eigenvalue weighted by Gasteiger charge is 2.20. The van der Waals surface area contributed by atoms with E-state index in [1.54, 1.807) is 0 Å². The van der Waals surface area contributed by atoms with E-state index in [1.165, 1.54) is 106 Å². The number of rotatable bonds is 2. The monoisotopic (exact) mass is 682 g/mol. The SMILES string of the molecule is c1ccc2c(c1)oc1c2ccc2ccc3c4cc(-c5c6ccccc6c(-c6ccc7c(c6)sc6ccccc67)c6ccccc56)ccc4sc3c21. The highest BCUT2D eigenvalue weighted by Crippen LogP contribution is 2.48. The van der Waals surface area contributed by atoms with Gasteiger partial charge in [0.25, 0.3) is 0 Å². The zero-order chi connectivity index (χ0) is 33.2. The summed E-state index contributed by atoms with van der Waals surface area (Å²) < 4.78 is 11.8. The molecule has 236 valence electrons. The summed E-state index contributed by atoms with van der Waals surface area (Å²) in [5, 5.41) is 15.1. The van der Waals surface area contributed by atoms with Gasteiger partial charge in [-0.3, -0.25) is 0 Å². The van der Waals surface area contributed by atoms with E-state index in [-0.39, 0.29) is 0 Å². The van der Waals surface area contributed by atoms with Crippen LogP contribution in [0.3, 0.4) is 0 Å². The van der Waals surface area contributed by atoms with Gasteiger partial charge >= 0.3 is 0 Å². The Hall–Kier alpha value is -6.00. The van der Waals surface area contributed by atoms with Crippen LogP contribution in [0.1, 0.15) is 0 Å². The van der Waals surface area contributed by atoms with Gasteiger partial charge < -0.3 is 4.42 Å². The number of hydrogen-bond donors (Lipinski definition) is 0. The summed E-state index contributed by atoms with van der Waals surface area (Å²) in [7, 11) is 0. The molecule has 0 radical (unpaired) electrons. The van der Waals surface area contributed by atoms with E-state index in [0.29, 0.717) is 0 Å². The first kappa shape index (κ1) is 27.8. The molecule has 0 aliphatic rings. The van der Waals surface area contributed by atoms with E-state index in [1.807, 2.05) is 28.7 Å². The molecule has 51 heavy (non-hydrogen) atoms. The van der Waals surface area contributed by atoms with Crippen LogP contribution in [-0.4, -0.2) is 0 Å². The van der Waals surface area contributed by atoms with Crippen molar-refractivity contribution in [2.75, 3.05) is 0 Å². The maximum absolute atomic E-state index is 6.55. The summed E-state index contributed by atoms with van der Waals surface area (Å²) >= 11 is 3.75. The fraction of sp³-hybridized carbons (Fsp3) is 0. The largest absolute Gasteiger partial charge is 0.455 e. The lowest BCUT2D eigenvalue weighted by atomic mass is 9.85. The lowest BCUT2D eigenvalue weighted by Gasteiger charge is -2.18. The van der Waals surface area contributed by atoms with Crippen molar-refractivity contribution in [2.45, 2.75) is 0 Å². The van der Waals surface area contributed by atoms with E-state index in [2.05, 4.69) is 152 Å². The molecule has 0 bridgehead atoms. The van der Waals surface area contributed by atoms with Gasteiger partial charge in [-0.2, -0.15) is 0 Å². The highest BCUT2D eigenvalue weighted by molar-refractivity contribution is 7.27. The third-order valence-corrected chi connectivity index (χ3v) is 13.2. The Morgan fingerprint density at radius 1 is 0.353 bits per heavy atom. The molecule has 0 aliphatic carbocycles. The number of benzene rings is 9. The maximum Gasteiger partial charge on any atom is 0.144 e. The minimum Gasteiger partial charge on any atom is -0.455 e. The summed E-state index contributed by atoms with van der Waals surface area (Å²) in [5.74, 6) is 0. The highest BCUT2D eigenvalue weighted by atomic mass is 32.1. The number of fused-ring (bicyclic) bond motifs is 14. The third-order valence-electron chi connectivity index (χ3n) is 10.8. The zero-order valence-corrected chi connectivity index (χ0v) is 28.9. The van der Waals surface area contributed by atoms with Crippen LogP contribution in [0.2, 0.25) is 0 Å². The van der Waals surface area contributed by atoms with Crippen LogP contribution >= 0.6 is 22.7 Å². The minimum absolute atomic E-state index is 0.936. The molecule has 3 heteroatoms. The van der Waals surface area contributed by atoms with Gasteiger partial charge in [-0.05, 0) is 85.6 Å². The second-order valence-corrected chi connectivity index (χ2v) is 15.7. The summed E-state index contributed by atoms with van der Waals surface area (Å²) in [4.78, 5) is 0. The van der Waals surface area contributed by atoms with Crippen molar-refractivity contribution in [1.29, 1.82) is 0 Å². The topological polar surface area (TPSA) is 13.1 Å². The van der Waals surface area contributed by atoms with E-state index >= 15 is 0 Å². The molecule has 0 aliphatic heterocycles. The molecule has 0 saturated heterocycles. The first-order valence-electron chi connectivity index (χ1n) is 17.3. The van der Waals surface area contributed by atoms with Gasteiger partial charge in [-0.25, -0.2) is 0 Å². The van der Waals surface area contributed by atoms with Gasteiger partial charge in [0.05, 0.1) is 0 Å². The smallest absolute Gasteiger partial charge is 0.144 e. The van der Waals surface area contributed by atoms with E-state index in [9.17, 15) is 0 Å². The number of thiophene rings is 2. The van der Waals surface area contributed by atoms with Crippen molar-refractivity contribution in [3.63, 3.8) is 0 Å². The molecule has 1 nitrogen and oxygen atoms in total. The van der Waals surface area contributed by atoms with Crippen LogP contribution in [0.4, 0.5) is 0 Å². The van der Waals surface area contributed by atoms with E-state index in [4.69, 9.17) is 4.42 Å². The van der Waals surface area contributed by atoms with Crippen LogP contribution in [0.15, 0.2) is 162 Å². The maximum atomic E-state index is 6.55. The molecule has 12 aromatic rings. The van der Waals surface area contributed by atoms with Crippen LogP contribution in [-0.2, 0) is 0 Å². The predicted octanol–water partition coefficient (Wildman–Crippen LogP) is 15.1. The van der Waals surface area contributed by atoms with Crippen LogP contribution in [0.5, 0.6) is 0 Å². The van der Waals surface area contributed by atoms with E-state index in [0.717, 1.165) is 11.2 Å². The van der Waals surface area contributed by atoms with Crippen molar-refractivity contribution in [3.05, 3.63) is 158 Å². The van der Waals surface area contributed by atoms with Gasteiger partial charge in [0.15, 0.2) is 0 Å². The molecular formula is C48H26OS2. The third kappa shape index (κ3) is 3.85. The Morgan fingerprint density at radius 3 is 1.65 bits per heavy atom. The van der Waals surface area contributed by atoms with E-state index < -0.39 is 0 Å². The summed E-state index contributed by atoms with van der Waals surface area (Å²) in [6.07, 6.45) is 0. The molecule has 0 amide bonds. The Bertz CT molecular complexity index is 3370. The Kier molecular flexibility index (Phi) is 5.59. The fourth-order valence-electron chi connectivity index (χ4n) is 8.61. The Balaban J connectivity index is 1.12. The fourth-order valence-corrected chi connectivity index (χ4v) is 11.0. The Labute approximate surface area is 300 Å². The summed E-state index contributed by atoms with van der Waals surface area (Å²) in [6.45, 7) is 0. The summed E-state index contributed by atoms with van der Waals surface area (Å²) in [6, 6.07) is 58.2. The van der Waals surface area contributed by atoms with Crippen LogP contribution in [0.25, 0.3) is 117 Å². The number of furan rings is 1. The molecular weight excluding hydrogens is 657 g/mol. The van der Waals surface area contributed by atoms with Crippen LogP contribution < -0.4 is 0 Å². The molecule has 0 N–H and O–H groups in total. The standard InChI is InChI=1S/C48H26OS2/c1-3-13-35-33(11-1)44(34-12-2-4-14-36(34)45(35)29-19-21-32-31-10-6-8-16-41(31)50-43(32)26-29)28-20-24-42-39(25-28)38-23-18-27-17-22-37-30-9-5-7-15-40(30)49-47(37)46(27)48(38)51-42/h1-26H. The molecule has 9 aromatic carbocycles. The van der Waals surface area contributed by atoms with Crippen LogP contribution in [0, 0.1) is 0 Å². The Morgan fingerprint density at radius 2 is 0.902 bits per heavy atom. The normalized spacial score (nSPS) is 12.3. The van der Waals surface area contributed by atoms with Gasteiger partial charge in [-0.1, -0.05) is 121 Å². The second kappa shape index (κ2) is 10.3. The van der Waals surface area contributed by atoms with Crippen molar-refractivity contribution in [1.82, 2.24) is 0 Å². The molecule has 12 rings (SSSR count). The number of hydrogen-bond acceptors (Lipinski definition) is 3. The first-order valence-corrected chi connectivity index (χ1v) is 19.0. The van der Waals surface area contributed by atoms with Gasteiger partial charge in [0.1, 0.15) is 11.2 Å². The van der Waals surface area contributed by atoms with Gasteiger partial charge in [-0.15, -0.1) is 22.7 Å². The van der Waals surface area contributed by atoms with Gasteiger partial charge in [0, 0.05) is 56.5 Å². The van der Waals surface area contributed by atoms with Crippen molar-refractivity contribution in [2.24, 2.45) is 0 Å². The summed E-state index contributed by atoms with van der Waals surface area (Å²) in [5.41, 5.74) is 7.00. The lowest BCUT2D eigenvalue weighted by molar-refractivity contribution is 0.673. The predicted molar refractivity (Wildman–Crippen MR) is 223 cm³/mol.